The second kappa shape index (κ2) is 7.37. The summed E-state index contributed by atoms with van der Waals surface area (Å²) in [6.45, 7) is 2.92. The van der Waals surface area contributed by atoms with Crippen molar-refractivity contribution in [1.29, 1.82) is 0 Å². The molecule has 0 aliphatic carbocycles. The van der Waals surface area contributed by atoms with Gasteiger partial charge in [0.1, 0.15) is 5.69 Å². The number of hydrogen-bond acceptors (Lipinski definition) is 5. The molecule has 0 aliphatic heterocycles. The zero-order chi connectivity index (χ0) is 12.7. The number of aliphatic hydroxyl groups is 1. The van der Waals surface area contributed by atoms with E-state index in [4.69, 9.17) is 5.73 Å². The zero-order valence-electron chi connectivity index (χ0n) is 9.98. The van der Waals surface area contributed by atoms with Gasteiger partial charge in [-0.2, -0.15) is 0 Å². The number of amides is 1. The topological polar surface area (TPSA) is 88.2 Å². The first-order chi connectivity index (χ1) is 8.17. The van der Waals surface area contributed by atoms with Crippen LogP contribution in [0.2, 0.25) is 0 Å². The highest BCUT2D eigenvalue weighted by molar-refractivity contribution is 7.09. The summed E-state index contributed by atoms with van der Waals surface area (Å²) in [6, 6.07) is 0. The van der Waals surface area contributed by atoms with E-state index in [0.717, 1.165) is 5.01 Å². The van der Waals surface area contributed by atoms with Crippen LogP contribution in [0.1, 0.15) is 35.3 Å². The standard InChI is InChI=1S/C11H19N3O2S/c1-2-8(15)4-6-13-11(16)9-7-17-10(14-9)3-5-12/h7-8,15H,2-6,12H2,1H3,(H,13,16). The number of rotatable bonds is 7. The summed E-state index contributed by atoms with van der Waals surface area (Å²) in [5.74, 6) is -0.187. The number of carbonyl (C=O) groups excluding carboxylic acids is 1. The monoisotopic (exact) mass is 257 g/mol. The second-order valence-electron chi connectivity index (χ2n) is 3.77. The molecule has 1 aromatic rings. The largest absolute Gasteiger partial charge is 0.393 e. The first-order valence-electron chi connectivity index (χ1n) is 5.78. The molecule has 1 amide bonds. The van der Waals surface area contributed by atoms with E-state index < -0.39 is 0 Å². The van der Waals surface area contributed by atoms with Crippen molar-refractivity contribution in [3.8, 4) is 0 Å². The fourth-order valence-corrected chi connectivity index (χ4v) is 2.09. The molecule has 0 saturated carbocycles. The van der Waals surface area contributed by atoms with E-state index in [0.29, 0.717) is 38.0 Å². The molecule has 1 rings (SSSR count). The lowest BCUT2D eigenvalue weighted by atomic mass is 10.2. The van der Waals surface area contributed by atoms with Gasteiger partial charge in [0.05, 0.1) is 11.1 Å². The lowest BCUT2D eigenvalue weighted by molar-refractivity contribution is 0.0937. The number of aliphatic hydroxyl groups excluding tert-OH is 1. The minimum absolute atomic E-state index is 0.187. The van der Waals surface area contributed by atoms with Crippen molar-refractivity contribution in [2.75, 3.05) is 13.1 Å². The number of nitrogens with zero attached hydrogens (tertiary/aromatic N) is 1. The Bertz CT molecular complexity index is 354. The molecule has 1 aromatic heterocycles. The van der Waals surface area contributed by atoms with Gasteiger partial charge >= 0.3 is 0 Å². The Morgan fingerprint density at radius 1 is 1.71 bits per heavy atom. The Morgan fingerprint density at radius 2 is 2.47 bits per heavy atom. The van der Waals surface area contributed by atoms with Crippen molar-refractivity contribution in [1.82, 2.24) is 10.3 Å². The number of aromatic nitrogens is 1. The molecule has 17 heavy (non-hydrogen) atoms. The van der Waals surface area contributed by atoms with Gasteiger partial charge in [0, 0.05) is 18.3 Å². The Hall–Kier alpha value is -0.980. The molecule has 96 valence electrons. The third kappa shape index (κ3) is 4.80. The molecule has 1 heterocycles. The van der Waals surface area contributed by atoms with E-state index in [2.05, 4.69) is 10.3 Å². The molecule has 0 spiro atoms. The van der Waals surface area contributed by atoms with E-state index >= 15 is 0 Å². The Balaban J connectivity index is 2.36. The minimum Gasteiger partial charge on any atom is -0.393 e. The molecule has 0 fully saturated rings. The molecule has 0 aromatic carbocycles. The lowest BCUT2D eigenvalue weighted by Gasteiger charge is -2.07. The highest BCUT2D eigenvalue weighted by Crippen LogP contribution is 2.09. The predicted octanol–water partition coefficient (Wildman–Crippen LogP) is 0.535. The van der Waals surface area contributed by atoms with Gasteiger partial charge in [-0.1, -0.05) is 6.92 Å². The third-order valence-corrected chi connectivity index (χ3v) is 3.29. The van der Waals surface area contributed by atoms with E-state index in [1.165, 1.54) is 11.3 Å². The van der Waals surface area contributed by atoms with Gasteiger partial charge in [-0.25, -0.2) is 4.98 Å². The zero-order valence-corrected chi connectivity index (χ0v) is 10.8. The summed E-state index contributed by atoms with van der Waals surface area (Å²) >= 11 is 1.45. The van der Waals surface area contributed by atoms with Gasteiger partial charge in [0.2, 0.25) is 0 Å². The number of hydrogen-bond donors (Lipinski definition) is 3. The number of carbonyl (C=O) groups is 1. The number of nitrogens with one attached hydrogen (secondary N) is 1. The average molecular weight is 257 g/mol. The number of nitrogens with two attached hydrogens (primary N) is 1. The maximum atomic E-state index is 11.7. The quantitative estimate of drug-likeness (QED) is 0.665. The van der Waals surface area contributed by atoms with E-state index in [1.807, 2.05) is 6.92 Å². The maximum Gasteiger partial charge on any atom is 0.270 e. The molecule has 0 aliphatic rings. The first-order valence-corrected chi connectivity index (χ1v) is 6.66. The molecule has 0 bridgehead atoms. The van der Waals surface area contributed by atoms with Crippen LogP contribution in [0.4, 0.5) is 0 Å². The maximum absolute atomic E-state index is 11.7. The second-order valence-corrected chi connectivity index (χ2v) is 4.71. The van der Waals surface area contributed by atoms with Crippen LogP contribution in [0.25, 0.3) is 0 Å². The summed E-state index contributed by atoms with van der Waals surface area (Å²) in [6.07, 6.45) is 1.63. The van der Waals surface area contributed by atoms with Gasteiger partial charge < -0.3 is 16.2 Å². The van der Waals surface area contributed by atoms with Gasteiger partial charge in [-0.3, -0.25) is 4.79 Å². The molecule has 1 unspecified atom stereocenters. The Kier molecular flexibility index (Phi) is 6.10. The van der Waals surface area contributed by atoms with Crippen molar-refractivity contribution < 1.29 is 9.90 Å². The third-order valence-electron chi connectivity index (χ3n) is 2.38. The van der Waals surface area contributed by atoms with E-state index in [1.54, 1.807) is 5.38 Å². The van der Waals surface area contributed by atoms with Crippen LogP contribution < -0.4 is 11.1 Å². The minimum atomic E-state index is -0.349. The van der Waals surface area contributed by atoms with E-state index in [9.17, 15) is 9.90 Å². The highest BCUT2D eigenvalue weighted by Gasteiger charge is 2.10. The SMILES string of the molecule is CCC(O)CCNC(=O)c1csc(CCN)n1. The molecular weight excluding hydrogens is 238 g/mol. The Labute approximate surface area is 105 Å². The fourth-order valence-electron chi connectivity index (χ4n) is 1.30. The fraction of sp³-hybridized carbons (Fsp3) is 0.636. The average Bonchev–Trinajstić information content (AvgIpc) is 2.78. The van der Waals surface area contributed by atoms with Crippen LogP contribution in [0.3, 0.4) is 0 Å². The molecule has 1 atom stereocenters. The summed E-state index contributed by atoms with van der Waals surface area (Å²) in [7, 11) is 0. The summed E-state index contributed by atoms with van der Waals surface area (Å²) < 4.78 is 0. The molecule has 0 saturated heterocycles. The lowest BCUT2D eigenvalue weighted by Crippen LogP contribution is -2.27. The van der Waals surface area contributed by atoms with Crippen molar-refractivity contribution in [3.63, 3.8) is 0 Å². The first kappa shape index (κ1) is 14.1. The highest BCUT2D eigenvalue weighted by atomic mass is 32.1. The van der Waals surface area contributed by atoms with Crippen LogP contribution in [-0.2, 0) is 6.42 Å². The van der Waals surface area contributed by atoms with Crippen molar-refractivity contribution in [2.45, 2.75) is 32.3 Å². The van der Waals surface area contributed by atoms with E-state index in [-0.39, 0.29) is 12.0 Å². The van der Waals surface area contributed by atoms with Crippen LogP contribution in [0.15, 0.2) is 5.38 Å². The molecule has 6 heteroatoms. The normalized spacial score (nSPS) is 12.4. The van der Waals surface area contributed by atoms with Crippen LogP contribution in [-0.4, -0.2) is 35.2 Å². The smallest absolute Gasteiger partial charge is 0.270 e. The van der Waals surface area contributed by atoms with Crippen LogP contribution in [0.5, 0.6) is 0 Å². The van der Waals surface area contributed by atoms with Gasteiger partial charge in [0.25, 0.3) is 5.91 Å². The number of thiazole rings is 1. The molecule has 0 radical (unpaired) electrons. The van der Waals surface area contributed by atoms with Gasteiger partial charge in [-0.15, -0.1) is 11.3 Å². The van der Waals surface area contributed by atoms with Crippen molar-refractivity contribution in [2.24, 2.45) is 5.73 Å². The Morgan fingerprint density at radius 3 is 3.12 bits per heavy atom. The van der Waals surface area contributed by atoms with Crippen molar-refractivity contribution in [3.05, 3.63) is 16.1 Å². The molecule has 5 nitrogen and oxygen atoms in total. The summed E-state index contributed by atoms with van der Waals surface area (Å²) in [4.78, 5) is 15.8. The predicted molar refractivity (Wildman–Crippen MR) is 68.1 cm³/mol. The summed E-state index contributed by atoms with van der Waals surface area (Å²) in [5, 5.41) is 14.7. The van der Waals surface area contributed by atoms with Crippen LogP contribution >= 0.6 is 11.3 Å². The molecular formula is C11H19N3O2S. The summed E-state index contributed by atoms with van der Waals surface area (Å²) in [5.41, 5.74) is 5.85. The van der Waals surface area contributed by atoms with Gasteiger partial charge in [-0.05, 0) is 19.4 Å². The van der Waals surface area contributed by atoms with Gasteiger partial charge in [0.15, 0.2) is 0 Å². The molecule has 4 N–H and O–H groups in total. The van der Waals surface area contributed by atoms with Crippen LogP contribution in [0, 0.1) is 0 Å². The van der Waals surface area contributed by atoms with Crippen molar-refractivity contribution >= 4 is 17.2 Å².